The van der Waals surface area contributed by atoms with E-state index in [1.54, 1.807) is 0 Å². The molecule has 1 aliphatic carbocycles. The summed E-state index contributed by atoms with van der Waals surface area (Å²) < 4.78 is 30.4. The minimum atomic E-state index is -4.74. The molecule has 14 heavy (non-hydrogen) atoms. The molecule has 1 rings (SSSR count). The molecule has 1 N–H and O–H groups in total. The average Bonchev–Trinajstić information content (AvgIpc) is 2.03. The van der Waals surface area contributed by atoms with Crippen LogP contribution in [0.15, 0.2) is 0 Å². The molecule has 0 atom stereocenters. The van der Waals surface area contributed by atoms with E-state index >= 15 is 0 Å². The molecule has 0 amide bonds. The molecule has 1 aliphatic rings. The molecule has 0 radical (unpaired) electrons. The molecule has 5 nitrogen and oxygen atoms in total. The zero-order valence-corrected chi connectivity index (χ0v) is 10.8. The summed E-state index contributed by atoms with van der Waals surface area (Å²) in [5.74, 6) is -1.50. The van der Waals surface area contributed by atoms with Crippen molar-refractivity contribution in [3.63, 3.8) is 0 Å². The second-order valence-electron chi connectivity index (χ2n) is 3.31. The zero-order valence-electron chi connectivity index (χ0n) is 8.02. The van der Waals surface area contributed by atoms with Crippen LogP contribution in [0.4, 0.5) is 0 Å². The number of aliphatic carboxylic acids is 1. The Labute approximate surface area is 105 Å². The van der Waals surface area contributed by atoms with E-state index in [9.17, 15) is 17.8 Å². The van der Waals surface area contributed by atoms with Crippen molar-refractivity contribution in [3.05, 3.63) is 0 Å². The summed E-state index contributed by atoms with van der Waals surface area (Å²) in [6.45, 7) is 0. The molecule has 0 aliphatic heterocycles. The average molecular weight is 230 g/mol. The first kappa shape index (κ1) is 14.4. The van der Waals surface area contributed by atoms with E-state index in [0.717, 1.165) is 6.42 Å². The number of carboxylic acids is 1. The summed E-state index contributed by atoms with van der Waals surface area (Å²) in [6, 6.07) is 0. The Hall–Kier alpha value is 0.380. The van der Waals surface area contributed by atoms with Crippen molar-refractivity contribution in [2.75, 3.05) is 0 Å². The van der Waals surface area contributed by atoms with E-state index in [4.69, 9.17) is 5.11 Å². The number of rotatable bonds is 2. The molecule has 0 aromatic carbocycles. The monoisotopic (exact) mass is 230 g/mol. The quantitative estimate of drug-likeness (QED) is 0.412. The molecule has 0 aromatic rings. The Morgan fingerprint density at radius 2 is 1.64 bits per heavy atom. The number of carboxylic acid groups (broad SMARTS) is 1. The largest absolute Gasteiger partial charge is 1.00 e. The van der Waals surface area contributed by atoms with Gasteiger partial charge in [0.2, 0.25) is 0 Å². The summed E-state index contributed by atoms with van der Waals surface area (Å²) in [5, 5.41) is 8.75. The Balaban J connectivity index is 0.00000169. The summed E-state index contributed by atoms with van der Waals surface area (Å²) in [7, 11) is -4.74. The standard InChI is InChI=1S/C7H12O5S.Na/c8-6(9)7(13(10,11)12)4-2-1-3-5-7;/h1-5H2,(H,8,9)(H,10,11,12);/q;+1/p-1. The number of hydrogen-bond acceptors (Lipinski definition) is 4. The van der Waals surface area contributed by atoms with E-state index in [2.05, 4.69) is 0 Å². The van der Waals surface area contributed by atoms with E-state index in [-0.39, 0.29) is 42.4 Å². The number of carbonyl (C=O) groups is 1. The fourth-order valence-corrected chi connectivity index (χ4v) is 2.70. The van der Waals surface area contributed by atoms with Gasteiger partial charge in [-0.1, -0.05) is 19.3 Å². The van der Waals surface area contributed by atoms with E-state index in [1.807, 2.05) is 0 Å². The first-order valence-corrected chi connectivity index (χ1v) is 5.50. The fourth-order valence-electron chi connectivity index (χ4n) is 1.69. The van der Waals surface area contributed by atoms with Crippen molar-refractivity contribution in [2.24, 2.45) is 0 Å². The first-order chi connectivity index (χ1) is 5.90. The first-order valence-electron chi connectivity index (χ1n) is 4.09. The van der Waals surface area contributed by atoms with E-state index in [1.165, 1.54) is 0 Å². The van der Waals surface area contributed by atoms with Gasteiger partial charge in [-0.15, -0.1) is 0 Å². The van der Waals surface area contributed by atoms with Gasteiger partial charge in [0, 0.05) is 0 Å². The van der Waals surface area contributed by atoms with Crippen LogP contribution in [-0.2, 0) is 14.9 Å². The molecule has 0 unspecified atom stereocenters. The molecule has 76 valence electrons. The fraction of sp³-hybridized carbons (Fsp3) is 0.857. The van der Waals surface area contributed by atoms with Crippen molar-refractivity contribution in [1.29, 1.82) is 0 Å². The molecule has 0 heterocycles. The smallest absolute Gasteiger partial charge is 0.747 e. The SMILES string of the molecule is O=C(O)C1(S(=O)(=O)[O-])CCCCC1.[Na+]. The Morgan fingerprint density at radius 1 is 1.21 bits per heavy atom. The van der Waals surface area contributed by atoms with Crippen LogP contribution in [0.5, 0.6) is 0 Å². The molecule has 0 saturated heterocycles. The molecule has 1 fully saturated rings. The van der Waals surface area contributed by atoms with Crippen molar-refractivity contribution >= 4 is 16.1 Å². The Bertz CT molecular complexity index is 304. The van der Waals surface area contributed by atoms with Gasteiger partial charge in [-0.25, -0.2) is 8.42 Å². The van der Waals surface area contributed by atoms with Gasteiger partial charge in [0.25, 0.3) is 0 Å². The Morgan fingerprint density at radius 3 is 1.86 bits per heavy atom. The molecular formula is C7H11NaO5S. The maximum Gasteiger partial charge on any atom is 1.00 e. The van der Waals surface area contributed by atoms with Gasteiger partial charge in [-0.05, 0) is 12.8 Å². The van der Waals surface area contributed by atoms with Gasteiger partial charge in [-0.3, -0.25) is 4.79 Å². The van der Waals surface area contributed by atoms with Crippen LogP contribution in [0.1, 0.15) is 32.1 Å². The van der Waals surface area contributed by atoms with Crippen molar-refractivity contribution in [3.8, 4) is 0 Å². The summed E-state index contributed by atoms with van der Waals surface area (Å²) in [5.41, 5.74) is 0. The van der Waals surface area contributed by atoms with Crippen molar-refractivity contribution in [1.82, 2.24) is 0 Å². The van der Waals surface area contributed by atoms with Crippen molar-refractivity contribution in [2.45, 2.75) is 36.9 Å². The van der Waals surface area contributed by atoms with Crippen LogP contribution in [0.3, 0.4) is 0 Å². The number of hydrogen-bond donors (Lipinski definition) is 1. The zero-order chi connectivity index (χ0) is 10.1. The molecule has 7 heteroatoms. The summed E-state index contributed by atoms with van der Waals surface area (Å²) in [6.07, 6.45) is 1.69. The summed E-state index contributed by atoms with van der Waals surface area (Å²) >= 11 is 0. The topological polar surface area (TPSA) is 94.5 Å². The second-order valence-corrected chi connectivity index (χ2v) is 5.00. The van der Waals surface area contributed by atoms with Gasteiger partial charge in [-0.2, -0.15) is 0 Å². The van der Waals surface area contributed by atoms with Crippen molar-refractivity contribution < 1.29 is 52.4 Å². The molecular weight excluding hydrogens is 219 g/mol. The third-order valence-corrected chi connectivity index (χ3v) is 4.07. The van der Waals surface area contributed by atoms with E-state index < -0.39 is 20.8 Å². The third kappa shape index (κ3) is 2.49. The van der Waals surface area contributed by atoms with Gasteiger partial charge in [0.15, 0.2) is 4.75 Å². The van der Waals surface area contributed by atoms with Gasteiger partial charge in [0.05, 0.1) is 0 Å². The van der Waals surface area contributed by atoms with Crippen LogP contribution in [0, 0.1) is 0 Å². The molecule has 0 aromatic heterocycles. The second kappa shape index (κ2) is 4.94. The van der Waals surface area contributed by atoms with Gasteiger partial charge < -0.3 is 9.66 Å². The predicted molar refractivity (Wildman–Crippen MR) is 43.1 cm³/mol. The third-order valence-electron chi connectivity index (χ3n) is 2.53. The maximum absolute atomic E-state index is 10.8. The van der Waals surface area contributed by atoms with E-state index in [0.29, 0.717) is 12.8 Å². The van der Waals surface area contributed by atoms with Crippen LogP contribution in [0.2, 0.25) is 0 Å². The van der Waals surface area contributed by atoms with Crippen LogP contribution in [0.25, 0.3) is 0 Å². The van der Waals surface area contributed by atoms with Crippen LogP contribution in [-0.4, -0.2) is 28.8 Å². The minimum absolute atomic E-state index is 0. The minimum Gasteiger partial charge on any atom is -0.747 e. The van der Waals surface area contributed by atoms with Crippen LogP contribution >= 0.6 is 0 Å². The normalized spacial score (nSPS) is 20.9. The van der Waals surface area contributed by atoms with Gasteiger partial charge >= 0.3 is 35.5 Å². The van der Waals surface area contributed by atoms with Gasteiger partial charge in [0.1, 0.15) is 10.1 Å². The predicted octanol–water partition coefficient (Wildman–Crippen LogP) is -2.68. The molecule has 1 saturated carbocycles. The summed E-state index contributed by atoms with van der Waals surface area (Å²) in [4.78, 5) is 10.7. The maximum atomic E-state index is 10.8. The molecule has 0 bridgehead atoms. The Kier molecular flexibility index (Phi) is 5.07. The van der Waals surface area contributed by atoms with Crippen LogP contribution < -0.4 is 29.6 Å². The molecule has 0 spiro atoms.